The number of hydrogen-bond donors (Lipinski definition) is 1. The molecule has 4 aliphatic heterocycles. The molecule has 2 bridgehead atoms. The van der Waals surface area contributed by atoms with Crippen LogP contribution in [0.25, 0.3) is 32.9 Å². The number of phenols is 1. The third-order valence-corrected chi connectivity index (χ3v) is 11.2. The Bertz CT molecular complexity index is 2380. The van der Waals surface area contributed by atoms with Crippen LogP contribution in [0.15, 0.2) is 42.9 Å². The number of amides is 1. The number of halogens is 2. The Morgan fingerprint density at radius 1 is 1.12 bits per heavy atom. The number of fused-ring (bicyclic) bond motifs is 5. The summed E-state index contributed by atoms with van der Waals surface area (Å²) in [5.41, 5.74) is 0.934. The maximum absolute atomic E-state index is 16.5. The first-order valence-corrected chi connectivity index (χ1v) is 18.4. The van der Waals surface area contributed by atoms with Crippen molar-refractivity contribution < 1.29 is 33.1 Å². The maximum Gasteiger partial charge on any atom is 0.410 e. The highest BCUT2D eigenvalue weighted by Gasteiger charge is 2.44. The van der Waals surface area contributed by atoms with Crippen molar-refractivity contribution in [1.29, 1.82) is 0 Å². The fourth-order valence-corrected chi connectivity index (χ4v) is 8.63. The third kappa shape index (κ3) is 6.63. The van der Waals surface area contributed by atoms with Gasteiger partial charge in [-0.25, -0.2) is 13.6 Å². The summed E-state index contributed by atoms with van der Waals surface area (Å²) in [5.74, 6) is 1.84. The van der Waals surface area contributed by atoms with Crippen LogP contribution in [0.1, 0.15) is 43.4 Å². The van der Waals surface area contributed by atoms with Gasteiger partial charge < -0.3 is 34.2 Å². The summed E-state index contributed by atoms with van der Waals surface area (Å²) in [7, 11) is 2.98. The van der Waals surface area contributed by atoms with Crippen LogP contribution in [0.3, 0.4) is 0 Å². The number of carbonyl (C=O) groups is 1. The lowest BCUT2D eigenvalue weighted by Gasteiger charge is -2.41. The second kappa shape index (κ2) is 14.8. The molecule has 290 valence electrons. The molecule has 1 N–H and O–H groups in total. The smallest absolute Gasteiger partial charge is 0.410 e. The predicted molar refractivity (Wildman–Crippen MR) is 201 cm³/mol. The number of rotatable bonds is 6. The number of aryl methyl sites for hydroxylation is 1. The molecule has 7 heterocycles. The highest BCUT2D eigenvalue weighted by Crippen LogP contribution is 2.40. The zero-order valence-electron chi connectivity index (χ0n) is 30.8. The van der Waals surface area contributed by atoms with Gasteiger partial charge in [0.15, 0.2) is 11.5 Å². The van der Waals surface area contributed by atoms with Crippen LogP contribution in [-0.2, 0) is 18.4 Å². The van der Waals surface area contributed by atoms with Gasteiger partial charge in [0.2, 0.25) is 6.33 Å². The molecule has 15 nitrogen and oxygen atoms in total. The summed E-state index contributed by atoms with van der Waals surface area (Å²) in [4.78, 5) is 47.0. The van der Waals surface area contributed by atoms with Crippen LogP contribution in [0.4, 0.5) is 25.2 Å². The number of methoxy groups -OCH3 is 1. The van der Waals surface area contributed by atoms with E-state index in [0.29, 0.717) is 71.6 Å². The van der Waals surface area contributed by atoms with Gasteiger partial charge in [0.25, 0.3) is 0 Å². The Labute approximate surface area is 320 Å². The number of hydrogen-bond acceptors (Lipinski definition) is 12. The molecule has 4 saturated heterocycles. The van der Waals surface area contributed by atoms with Crippen LogP contribution >= 0.6 is 0 Å². The van der Waals surface area contributed by atoms with E-state index in [9.17, 15) is 24.4 Å². The normalized spacial score (nSPS) is 21.5. The molecule has 17 heteroatoms. The zero-order chi connectivity index (χ0) is 39.2. The van der Waals surface area contributed by atoms with E-state index in [0.717, 1.165) is 13.0 Å². The number of ether oxygens (including phenoxy) is 2. The van der Waals surface area contributed by atoms with Crippen molar-refractivity contribution in [2.45, 2.75) is 63.0 Å². The monoisotopic (exact) mass is 767 g/mol. The Morgan fingerprint density at radius 2 is 1.91 bits per heavy atom. The van der Waals surface area contributed by atoms with Gasteiger partial charge in [-0.1, -0.05) is 18.1 Å². The fourth-order valence-electron chi connectivity index (χ4n) is 8.63. The first-order valence-electron chi connectivity index (χ1n) is 18.4. The molecule has 4 fully saturated rings. The number of imidazole rings is 1. The van der Waals surface area contributed by atoms with E-state index in [-0.39, 0.29) is 53.2 Å². The average Bonchev–Trinajstić information content (AvgIpc) is 3.94. The molecule has 4 aliphatic rings. The summed E-state index contributed by atoms with van der Waals surface area (Å²) in [6.45, 7) is 2.27. The van der Waals surface area contributed by atoms with Crippen LogP contribution in [0, 0.1) is 28.3 Å². The summed E-state index contributed by atoms with van der Waals surface area (Å²) in [5, 5.41) is 23.3. The van der Waals surface area contributed by atoms with Crippen molar-refractivity contribution in [2.75, 3.05) is 38.2 Å². The molecule has 56 heavy (non-hydrogen) atoms. The minimum absolute atomic E-state index is 0.0292. The molecule has 0 radical (unpaired) electrons. The Hall–Kier alpha value is -6.15. The average molecular weight is 768 g/mol. The number of benzene rings is 2. The number of nitro groups is 1. The van der Waals surface area contributed by atoms with E-state index in [2.05, 4.69) is 30.8 Å². The Morgan fingerprint density at radius 3 is 2.62 bits per heavy atom. The minimum Gasteiger partial charge on any atom is -0.508 e. The van der Waals surface area contributed by atoms with Crippen LogP contribution in [-0.4, -0.2) is 108 Å². The van der Waals surface area contributed by atoms with E-state index in [1.165, 1.54) is 43.1 Å². The van der Waals surface area contributed by atoms with Crippen molar-refractivity contribution in [3.8, 4) is 35.4 Å². The van der Waals surface area contributed by atoms with Gasteiger partial charge in [0.05, 0.1) is 24.6 Å². The Balaban J connectivity index is 0.000000427. The van der Waals surface area contributed by atoms with Crippen molar-refractivity contribution in [1.82, 2.24) is 34.3 Å². The van der Waals surface area contributed by atoms with Crippen molar-refractivity contribution in [2.24, 2.45) is 7.05 Å². The van der Waals surface area contributed by atoms with Gasteiger partial charge in [-0.3, -0.25) is 14.8 Å². The van der Waals surface area contributed by atoms with Crippen molar-refractivity contribution in [3.63, 3.8) is 0 Å². The molecule has 3 aromatic heterocycles. The van der Waals surface area contributed by atoms with Gasteiger partial charge >= 0.3 is 17.9 Å². The molecule has 3 unspecified atom stereocenters. The number of pyridine rings is 1. The number of carbonyl (C=O) groups excluding carboxylic acids is 1. The van der Waals surface area contributed by atoms with Gasteiger partial charge in [-0.05, 0) is 72.1 Å². The number of piperazine rings is 1. The number of alkyl halides is 1. The number of nitrogens with zero attached hydrogens (tertiary/aromatic N) is 9. The van der Waals surface area contributed by atoms with Crippen LogP contribution in [0.2, 0.25) is 0 Å². The standard InChI is InChI=1S/C32H27FN8O6.C7H12FN/c1-4-17-6-5-7-18-10-21(42)11-22(25(17)18)27-26(33)28-23(12-34-27)29(37-31(36-28)46-3)39-13-19-8-9-20(14-39)40(19)32(43)47-15-24-30(41(44)45)35-16-38(24)2;8-6-4-7-2-1-3-9(7)5-6/h1,5-7,10-12,16,19-20,42H,8-9,13-15H2,2-3H3;6-7H,1-5H2/t;6-,7?/m.1/s1. The molecular formula is C39H39F2N9O6. The Kier molecular flexibility index (Phi) is 9.75. The summed E-state index contributed by atoms with van der Waals surface area (Å²) in [6, 6.07) is 8.28. The van der Waals surface area contributed by atoms with E-state index >= 15 is 4.39 Å². The first-order chi connectivity index (χ1) is 27.0. The van der Waals surface area contributed by atoms with Gasteiger partial charge in [0, 0.05) is 55.4 Å². The van der Waals surface area contributed by atoms with Gasteiger partial charge in [0.1, 0.15) is 35.6 Å². The van der Waals surface area contributed by atoms with Crippen molar-refractivity contribution in [3.05, 3.63) is 70.0 Å². The number of anilines is 1. The molecule has 0 spiro atoms. The lowest BCUT2D eigenvalue weighted by molar-refractivity contribution is -0.390. The van der Waals surface area contributed by atoms with Crippen LogP contribution < -0.4 is 9.64 Å². The van der Waals surface area contributed by atoms with Crippen LogP contribution in [0.5, 0.6) is 11.8 Å². The zero-order valence-corrected chi connectivity index (χ0v) is 30.8. The second-order valence-corrected chi connectivity index (χ2v) is 14.5. The van der Waals surface area contributed by atoms with E-state index in [4.69, 9.17) is 15.9 Å². The van der Waals surface area contributed by atoms with E-state index < -0.39 is 23.0 Å². The SMILES string of the molecule is C#Cc1cccc2cc(O)cc(-c3ncc4c(N5CC6CCC(C5)N6C(=O)OCc5c([N+](=O)[O-])ncn5C)nc(OC)nc4c3F)c12.F[C@@H]1CC2CCCN2C1. The molecule has 5 aromatic rings. The van der Waals surface area contributed by atoms with Crippen molar-refractivity contribution >= 4 is 39.4 Å². The summed E-state index contributed by atoms with van der Waals surface area (Å²) >= 11 is 0. The number of phenolic OH excluding ortho intramolecular Hbond substituents is 1. The quantitative estimate of drug-likeness (QED) is 0.131. The minimum atomic E-state index is -0.738. The lowest BCUT2D eigenvalue weighted by Crippen LogP contribution is -2.56. The summed E-state index contributed by atoms with van der Waals surface area (Å²) < 4.78 is 41.4. The molecule has 0 saturated carbocycles. The predicted octanol–water partition coefficient (Wildman–Crippen LogP) is 5.50. The first kappa shape index (κ1) is 36.8. The molecular weight excluding hydrogens is 728 g/mol. The topological polar surface area (TPSA) is 165 Å². The number of aromatic hydroxyl groups is 1. The highest BCUT2D eigenvalue weighted by molar-refractivity contribution is 6.02. The highest BCUT2D eigenvalue weighted by atomic mass is 19.1. The third-order valence-electron chi connectivity index (χ3n) is 11.2. The van der Waals surface area contributed by atoms with E-state index in [1.807, 2.05) is 4.90 Å². The molecule has 4 atom stereocenters. The largest absolute Gasteiger partial charge is 0.508 e. The maximum atomic E-state index is 16.5. The lowest BCUT2D eigenvalue weighted by atomic mass is 9.96. The molecule has 9 rings (SSSR count). The molecule has 2 aromatic carbocycles. The van der Waals surface area contributed by atoms with Gasteiger partial charge in [-0.2, -0.15) is 9.97 Å². The fraction of sp³-hybridized carbons (Fsp3) is 0.410. The van der Waals surface area contributed by atoms with Gasteiger partial charge in [-0.15, -0.1) is 6.42 Å². The van der Waals surface area contributed by atoms with E-state index in [1.54, 1.807) is 36.2 Å². The molecule has 0 aliphatic carbocycles. The molecule has 1 amide bonds. The summed E-state index contributed by atoms with van der Waals surface area (Å²) in [6.07, 6.45) is 12.2. The number of terminal acetylenes is 1. The number of aromatic nitrogens is 5. The second-order valence-electron chi connectivity index (χ2n) is 14.5.